The summed E-state index contributed by atoms with van der Waals surface area (Å²) in [6.07, 6.45) is 2.22. The molecule has 0 aromatic heterocycles. The number of Topliss-reactive ketones (excluding diaryl/α,β-unsaturated/α-hetero) is 1. The number of benzene rings is 3. The number of aliphatic imine (C=N–C) groups is 1. The predicted octanol–water partition coefficient (Wildman–Crippen LogP) is 7.60. The summed E-state index contributed by atoms with van der Waals surface area (Å²) in [5, 5.41) is 22.2. The first-order valence-corrected chi connectivity index (χ1v) is 14.9. The second-order valence-electron chi connectivity index (χ2n) is 13.9. The Kier molecular flexibility index (Phi) is 7.47. The van der Waals surface area contributed by atoms with Crippen LogP contribution in [0.25, 0.3) is 0 Å². The molecule has 6 heteroatoms. The molecule has 3 aromatic rings. The molecule has 1 spiro atoms. The van der Waals surface area contributed by atoms with Crippen LogP contribution >= 0.6 is 0 Å². The molecule has 5 rings (SSSR count). The van der Waals surface area contributed by atoms with Gasteiger partial charge < -0.3 is 4.90 Å². The number of rotatable bonds is 6. The van der Waals surface area contributed by atoms with Gasteiger partial charge in [-0.1, -0.05) is 99.1 Å². The molecule has 6 nitrogen and oxygen atoms in total. The normalized spacial score (nSPS) is 19.9. The molecular formula is C38H38N4O2. The lowest BCUT2D eigenvalue weighted by atomic mass is 9.59. The van der Waals surface area contributed by atoms with E-state index in [0.717, 1.165) is 16.7 Å². The number of hydrogen-bond donors (Lipinski definition) is 0. The van der Waals surface area contributed by atoms with Crippen molar-refractivity contribution in [2.75, 3.05) is 4.90 Å². The third-order valence-corrected chi connectivity index (χ3v) is 8.50. The highest BCUT2D eigenvalue weighted by atomic mass is 16.2. The van der Waals surface area contributed by atoms with Gasteiger partial charge >= 0.3 is 0 Å². The highest BCUT2D eigenvalue weighted by Crippen LogP contribution is 2.61. The van der Waals surface area contributed by atoms with Gasteiger partial charge in [0, 0.05) is 11.1 Å². The minimum Gasteiger partial charge on any atom is -0.306 e. The number of hydrogen-bond acceptors (Lipinski definition) is 5. The first-order chi connectivity index (χ1) is 20.7. The van der Waals surface area contributed by atoms with Crippen LogP contribution in [0.3, 0.4) is 0 Å². The number of ketones is 1. The number of allylic oxidation sites excluding steroid dienone is 1. The van der Waals surface area contributed by atoms with E-state index in [9.17, 15) is 15.3 Å². The standard InChI is InChI=1S/C38H38N4O2/c1-25-18-26(2)32-29(19-25)38(34(44)42(32)21-27-14-10-8-11-15-27)30(33(43)28-16-12-9-13-17-28)20-31(37(38,23-39)24-40)41-36(6,7)22-35(3,4)5/h8-20H,21-22H2,1-7H3/t38-/m0/s1. The van der Waals surface area contributed by atoms with Crippen LogP contribution in [0.2, 0.25) is 0 Å². The Labute approximate surface area is 260 Å². The molecule has 1 amide bonds. The number of aryl methyl sites for hydroxylation is 2. The van der Waals surface area contributed by atoms with Crippen LogP contribution in [0.5, 0.6) is 0 Å². The molecule has 0 bridgehead atoms. The van der Waals surface area contributed by atoms with E-state index in [1.165, 1.54) is 0 Å². The smallest absolute Gasteiger partial charge is 0.245 e. The van der Waals surface area contributed by atoms with Crippen LogP contribution in [-0.2, 0) is 16.8 Å². The van der Waals surface area contributed by atoms with Gasteiger partial charge in [-0.25, -0.2) is 0 Å². The van der Waals surface area contributed by atoms with Gasteiger partial charge in [-0.15, -0.1) is 0 Å². The number of nitrogens with zero attached hydrogens (tertiary/aromatic N) is 4. The van der Waals surface area contributed by atoms with Crippen molar-refractivity contribution in [1.29, 1.82) is 10.5 Å². The Morgan fingerprint density at radius 1 is 0.909 bits per heavy atom. The fourth-order valence-corrected chi connectivity index (χ4v) is 7.38. The maximum Gasteiger partial charge on any atom is 0.245 e. The molecule has 1 aliphatic carbocycles. The first kappa shape index (κ1) is 30.6. The van der Waals surface area contributed by atoms with E-state index in [1.807, 2.05) is 76.2 Å². The van der Waals surface area contributed by atoms with E-state index in [4.69, 9.17) is 4.99 Å². The number of anilines is 1. The lowest BCUT2D eigenvalue weighted by Crippen LogP contribution is -2.54. The van der Waals surface area contributed by atoms with Crippen LogP contribution in [0.15, 0.2) is 89.4 Å². The monoisotopic (exact) mass is 582 g/mol. The second kappa shape index (κ2) is 10.7. The van der Waals surface area contributed by atoms with Crippen molar-refractivity contribution in [3.8, 4) is 12.1 Å². The highest BCUT2D eigenvalue weighted by Gasteiger charge is 2.73. The summed E-state index contributed by atoms with van der Waals surface area (Å²) in [7, 11) is 0. The van der Waals surface area contributed by atoms with Crippen LogP contribution in [0.1, 0.15) is 73.7 Å². The summed E-state index contributed by atoms with van der Waals surface area (Å²) in [5.74, 6) is -0.873. The zero-order valence-corrected chi connectivity index (χ0v) is 26.5. The van der Waals surface area contributed by atoms with E-state index in [2.05, 4.69) is 32.9 Å². The van der Waals surface area contributed by atoms with Crippen LogP contribution in [0.4, 0.5) is 5.69 Å². The summed E-state index contributed by atoms with van der Waals surface area (Å²) in [4.78, 5) is 36.5. The molecule has 3 aromatic carbocycles. The van der Waals surface area contributed by atoms with Crippen molar-refractivity contribution in [2.24, 2.45) is 15.8 Å². The second-order valence-corrected chi connectivity index (χ2v) is 13.9. The van der Waals surface area contributed by atoms with Crippen molar-refractivity contribution in [1.82, 2.24) is 0 Å². The average Bonchev–Trinajstić information content (AvgIpc) is 3.37. The summed E-state index contributed by atoms with van der Waals surface area (Å²) in [5.41, 5.74) is -0.462. The molecule has 1 atom stereocenters. The zero-order valence-electron chi connectivity index (χ0n) is 26.5. The summed E-state index contributed by atoms with van der Waals surface area (Å²) in [6, 6.07) is 26.7. The molecule has 0 saturated heterocycles. The van der Waals surface area contributed by atoms with Crippen molar-refractivity contribution in [2.45, 2.75) is 72.4 Å². The summed E-state index contributed by atoms with van der Waals surface area (Å²) in [6.45, 7) is 14.3. The number of nitriles is 2. The Balaban J connectivity index is 1.88. The topological polar surface area (TPSA) is 97.3 Å². The SMILES string of the molecule is Cc1cc(C)c2c(c1)[C@@]1(C(=O)N2Cc2ccccc2)C(C(=O)c2ccccc2)=CC(=NC(C)(C)CC(C)(C)C)C1(C#N)C#N. The molecule has 2 aliphatic rings. The number of carbonyl (C=O) groups excluding carboxylic acids is 2. The molecule has 1 heterocycles. The predicted molar refractivity (Wildman–Crippen MR) is 173 cm³/mol. The molecule has 222 valence electrons. The van der Waals surface area contributed by atoms with E-state index >= 15 is 4.79 Å². The van der Waals surface area contributed by atoms with Gasteiger partial charge in [0.2, 0.25) is 11.3 Å². The third kappa shape index (κ3) is 4.76. The number of carbonyl (C=O) groups is 2. The van der Waals surface area contributed by atoms with E-state index in [0.29, 0.717) is 23.2 Å². The number of fused-ring (bicyclic) bond motifs is 2. The van der Waals surface area contributed by atoms with Gasteiger partial charge in [0.15, 0.2) is 5.78 Å². The Bertz CT molecular complexity index is 1780. The van der Waals surface area contributed by atoms with Gasteiger partial charge in [-0.2, -0.15) is 10.5 Å². The molecule has 0 fully saturated rings. The third-order valence-electron chi connectivity index (χ3n) is 8.50. The summed E-state index contributed by atoms with van der Waals surface area (Å²) >= 11 is 0. The van der Waals surface area contributed by atoms with E-state index in [-0.39, 0.29) is 23.2 Å². The fraction of sp³-hybridized carbons (Fsp3) is 0.342. The highest BCUT2D eigenvalue weighted by molar-refractivity contribution is 6.30. The zero-order chi connectivity index (χ0) is 32.1. The van der Waals surface area contributed by atoms with E-state index in [1.54, 1.807) is 35.2 Å². The Morgan fingerprint density at radius 3 is 2.07 bits per heavy atom. The minimum atomic E-state index is -2.08. The fourth-order valence-electron chi connectivity index (χ4n) is 7.38. The average molecular weight is 583 g/mol. The first-order valence-electron chi connectivity index (χ1n) is 14.9. The maximum absolute atomic E-state index is 15.2. The molecule has 0 radical (unpaired) electrons. The largest absolute Gasteiger partial charge is 0.306 e. The quantitative estimate of drug-likeness (QED) is 0.280. The van der Waals surface area contributed by atoms with Gasteiger partial charge in [0.05, 0.1) is 35.6 Å². The van der Waals surface area contributed by atoms with E-state index < -0.39 is 28.1 Å². The number of amides is 1. The Morgan fingerprint density at radius 2 is 1.50 bits per heavy atom. The molecule has 0 unspecified atom stereocenters. The van der Waals surface area contributed by atoms with Gasteiger partial charge in [0.25, 0.3) is 0 Å². The minimum absolute atomic E-state index is 0.101. The van der Waals surface area contributed by atoms with Crippen LogP contribution in [0, 0.1) is 47.3 Å². The molecular weight excluding hydrogens is 544 g/mol. The van der Waals surface area contributed by atoms with Crippen molar-refractivity contribution >= 4 is 23.1 Å². The van der Waals surface area contributed by atoms with Gasteiger partial charge in [0.1, 0.15) is 5.41 Å². The molecule has 0 saturated carbocycles. The lowest BCUT2D eigenvalue weighted by molar-refractivity contribution is -0.123. The van der Waals surface area contributed by atoms with Crippen LogP contribution in [-0.4, -0.2) is 22.9 Å². The molecule has 1 aliphatic heterocycles. The molecule has 44 heavy (non-hydrogen) atoms. The van der Waals surface area contributed by atoms with Crippen molar-refractivity contribution in [3.05, 3.63) is 112 Å². The summed E-state index contributed by atoms with van der Waals surface area (Å²) < 4.78 is 0. The van der Waals surface area contributed by atoms with Crippen LogP contribution < -0.4 is 4.90 Å². The van der Waals surface area contributed by atoms with Crippen molar-refractivity contribution in [3.63, 3.8) is 0 Å². The van der Waals surface area contributed by atoms with Gasteiger partial charge in [-0.05, 0) is 62.3 Å². The van der Waals surface area contributed by atoms with Gasteiger partial charge in [-0.3, -0.25) is 14.6 Å². The molecule has 0 N–H and O–H groups in total. The Hall–Kier alpha value is -4.81. The maximum atomic E-state index is 15.2. The lowest BCUT2D eigenvalue weighted by Gasteiger charge is -2.36. The van der Waals surface area contributed by atoms with Crippen molar-refractivity contribution < 1.29 is 9.59 Å².